The van der Waals surface area contributed by atoms with Crippen LogP contribution in [0.15, 0.2) is 41.4 Å². The first-order chi connectivity index (χ1) is 13.6. The summed E-state index contributed by atoms with van der Waals surface area (Å²) in [5.41, 5.74) is -0.0969. The van der Waals surface area contributed by atoms with Crippen molar-refractivity contribution in [1.29, 1.82) is 0 Å². The van der Waals surface area contributed by atoms with Crippen LogP contribution in [0.5, 0.6) is 5.75 Å². The molecule has 1 aliphatic rings. The minimum Gasteiger partial charge on any atom is -0.494 e. The number of alkyl halides is 3. The quantitative estimate of drug-likeness (QED) is 0.763. The lowest BCUT2D eigenvalue weighted by atomic mass is 10.2. The highest BCUT2D eigenvalue weighted by molar-refractivity contribution is 7.89. The van der Waals surface area contributed by atoms with E-state index in [0.717, 1.165) is 17.8 Å². The minimum absolute atomic E-state index is 0.143. The van der Waals surface area contributed by atoms with E-state index in [1.807, 2.05) is 6.92 Å². The van der Waals surface area contributed by atoms with Crippen LogP contribution >= 0.6 is 0 Å². The summed E-state index contributed by atoms with van der Waals surface area (Å²) in [5, 5.41) is 0. The monoisotopic (exact) mass is 429 g/mol. The summed E-state index contributed by atoms with van der Waals surface area (Å²) in [5.74, 6) is 1.02. The molecule has 0 radical (unpaired) electrons. The minimum atomic E-state index is -4.44. The Morgan fingerprint density at radius 2 is 2.03 bits per heavy atom. The Balaban J connectivity index is 1.66. The highest BCUT2D eigenvalue weighted by atomic mass is 32.2. The average Bonchev–Trinajstić information content (AvgIpc) is 3.10. The van der Waals surface area contributed by atoms with Crippen LogP contribution in [0.3, 0.4) is 0 Å². The number of hydrogen-bond donors (Lipinski definition) is 1. The number of rotatable bonds is 6. The van der Waals surface area contributed by atoms with Crippen LogP contribution in [0.25, 0.3) is 0 Å². The molecule has 29 heavy (non-hydrogen) atoms. The molecule has 0 bridgehead atoms. The van der Waals surface area contributed by atoms with Crippen molar-refractivity contribution >= 4 is 15.8 Å². The van der Waals surface area contributed by atoms with Crippen molar-refractivity contribution in [3.63, 3.8) is 0 Å². The van der Waals surface area contributed by atoms with Crippen molar-refractivity contribution in [3.05, 3.63) is 47.7 Å². The molecule has 0 saturated carbocycles. The summed E-state index contributed by atoms with van der Waals surface area (Å²) in [7, 11) is -3.73. The first kappa shape index (κ1) is 21.4. The normalized spacial score (nSPS) is 17.6. The summed E-state index contributed by atoms with van der Waals surface area (Å²) >= 11 is 0. The van der Waals surface area contributed by atoms with Crippen molar-refractivity contribution in [1.82, 2.24) is 9.71 Å². The number of halogens is 3. The van der Waals surface area contributed by atoms with Gasteiger partial charge in [0.15, 0.2) is 0 Å². The van der Waals surface area contributed by atoms with Gasteiger partial charge in [0.1, 0.15) is 11.6 Å². The summed E-state index contributed by atoms with van der Waals surface area (Å²) in [6.45, 7) is 4.93. The Bertz CT molecular complexity index is 963. The smallest absolute Gasteiger partial charge is 0.417 e. The molecule has 0 spiro atoms. The van der Waals surface area contributed by atoms with Crippen LogP contribution in [0, 0.1) is 6.92 Å². The fraction of sp³-hybridized carbons (Fsp3) is 0.421. The van der Waals surface area contributed by atoms with E-state index in [0.29, 0.717) is 37.7 Å². The summed E-state index contributed by atoms with van der Waals surface area (Å²) < 4.78 is 71.5. The van der Waals surface area contributed by atoms with Gasteiger partial charge in [-0.2, -0.15) is 13.2 Å². The molecule has 0 aliphatic carbocycles. The third-order valence-corrected chi connectivity index (χ3v) is 6.18. The van der Waals surface area contributed by atoms with Crippen LogP contribution in [0.2, 0.25) is 0 Å². The van der Waals surface area contributed by atoms with Crippen molar-refractivity contribution in [2.45, 2.75) is 37.4 Å². The van der Waals surface area contributed by atoms with E-state index < -0.39 is 21.8 Å². The first-order valence-electron chi connectivity index (χ1n) is 9.14. The Kier molecular flexibility index (Phi) is 6.04. The van der Waals surface area contributed by atoms with Gasteiger partial charge in [-0.15, -0.1) is 0 Å². The second kappa shape index (κ2) is 8.19. The van der Waals surface area contributed by atoms with E-state index >= 15 is 0 Å². The summed E-state index contributed by atoms with van der Waals surface area (Å²) in [6.07, 6.45) is -3.13. The maximum absolute atomic E-state index is 12.7. The molecule has 6 nitrogen and oxygen atoms in total. The molecule has 10 heteroatoms. The summed E-state index contributed by atoms with van der Waals surface area (Å²) in [4.78, 5) is 5.77. The molecule has 1 aromatic carbocycles. The maximum atomic E-state index is 12.7. The molecular weight excluding hydrogens is 407 g/mol. The van der Waals surface area contributed by atoms with Crippen LogP contribution in [0.4, 0.5) is 19.0 Å². The molecule has 3 rings (SSSR count). The zero-order valence-electron chi connectivity index (χ0n) is 16.0. The van der Waals surface area contributed by atoms with Gasteiger partial charge in [-0.05, 0) is 56.2 Å². The molecule has 0 unspecified atom stereocenters. The fourth-order valence-electron chi connectivity index (χ4n) is 3.20. The third kappa shape index (κ3) is 4.99. The SMILES string of the molecule is CCOc1ccc(S(=O)(=O)N[C@@H]2CCN(c3ccc(C(F)(F)F)cn3)C2)cc1C. The van der Waals surface area contributed by atoms with Crippen LogP contribution in [0.1, 0.15) is 24.5 Å². The lowest BCUT2D eigenvalue weighted by molar-refractivity contribution is -0.137. The molecule has 1 aromatic heterocycles. The number of anilines is 1. The molecule has 0 amide bonds. The van der Waals surface area contributed by atoms with Gasteiger partial charge in [-0.3, -0.25) is 0 Å². The topological polar surface area (TPSA) is 71.5 Å². The van der Waals surface area contributed by atoms with Gasteiger partial charge in [0.2, 0.25) is 10.0 Å². The average molecular weight is 429 g/mol. The van der Waals surface area contributed by atoms with E-state index in [-0.39, 0.29) is 10.9 Å². The predicted octanol–water partition coefficient (Wildman–Crippen LogP) is 3.36. The van der Waals surface area contributed by atoms with Crippen LogP contribution in [-0.4, -0.2) is 39.1 Å². The number of nitrogens with zero attached hydrogens (tertiary/aromatic N) is 2. The molecular formula is C19H22F3N3O3S. The van der Waals surface area contributed by atoms with Gasteiger partial charge >= 0.3 is 6.18 Å². The third-order valence-electron chi connectivity index (χ3n) is 4.67. The molecule has 1 atom stereocenters. The van der Waals surface area contributed by atoms with Gasteiger partial charge in [0.25, 0.3) is 0 Å². The highest BCUT2D eigenvalue weighted by Gasteiger charge is 2.32. The van der Waals surface area contributed by atoms with E-state index in [1.165, 1.54) is 12.1 Å². The standard InChI is InChI=1S/C19H22F3N3O3S/c1-3-28-17-6-5-16(10-13(17)2)29(26,27)24-15-8-9-25(12-15)18-7-4-14(11-23-18)19(20,21)22/h4-7,10-11,15,24H,3,8-9,12H2,1-2H3/t15-/m1/s1. The number of benzene rings is 1. The van der Waals surface area contributed by atoms with Crippen molar-refractivity contribution in [2.75, 3.05) is 24.6 Å². The molecule has 2 heterocycles. The van der Waals surface area contributed by atoms with E-state index in [1.54, 1.807) is 24.0 Å². The lowest BCUT2D eigenvalue weighted by Crippen LogP contribution is -2.37. The molecule has 1 fully saturated rings. The molecule has 2 aromatic rings. The van der Waals surface area contributed by atoms with Crippen LogP contribution < -0.4 is 14.4 Å². The Labute approximate surface area is 167 Å². The number of aryl methyl sites for hydroxylation is 1. The Morgan fingerprint density at radius 1 is 1.28 bits per heavy atom. The fourth-order valence-corrected chi connectivity index (χ4v) is 4.55. The first-order valence-corrected chi connectivity index (χ1v) is 10.6. The Morgan fingerprint density at radius 3 is 2.62 bits per heavy atom. The number of ether oxygens (including phenoxy) is 1. The summed E-state index contributed by atoms with van der Waals surface area (Å²) in [6, 6.07) is 6.58. The van der Waals surface area contributed by atoms with Crippen molar-refractivity contribution in [2.24, 2.45) is 0 Å². The number of nitrogens with one attached hydrogen (secondary N) is 1. The zero-order chi connectivity index (χ0) is 21.2. The number of pyridine rings is 1. The highest BCUT2D eigenvalue weighted by Crippen LogP contribution is 2.30. The van der Waals surface area contributed by atoms with Gasteiger partial charge in [-0.1, -0.05) is 0 Å². The second-order valence-electron chi connectivity index (χ2n) is 6.82. The molecule has 158 valence electrons. The van der Waals surface area contributed by atoms with E-state index in [2.05, 4.69) is 9.71 Å². The van der Waals surface area contributed by atoms with Gasteiger partial charge in [-0.25, -0.2) is 18.1 Å². The van der Waals surface area contributed by atoms with Gasteiger partial charge in [0.05, 0.1) is 17.1 Å². The van der Waals surface area contributed by atoms with Crippen molar-refractivity contribution < 1.29 is 26.3 Å². The lowest BCUT2D eigenvalue weighted by Gasteiger charge is -2.19. The Hall–Kier alpha value is -2.33. The predicted molar refractivity (Wildman–Crippen MR) is 103 cm³/mol. The molecule has 1 N–H and O–H groups in total. The molecule has 1 saturated heterocycles. The maximum Gasteiger partial charge on any atom is 0.417 e. The van der Waals surface area contributed by atoms with Crippen LogP contribution in [-0.2, 0) is 16.2 Å². The number of sulfonamides is 1. The molecule has 1 aliphatic heterocycles. The van der Waals surface area contributed by atoms with E-state index in [9.17, 15) is 21.6 Å². The van der Waals surface area contributed by atoms with Gasteiger partial charge in [0, 0.05) is 25.3 Å². The van der Waals surface area contributed by atoms with E-state index in [4.69, 9.17) is 4.74 Å². The number of aromatic nitrogens is 1. The van der Waals surface area contributed by atoms with Gasteiger partial charge < -0.3 is 9.64 Å². The largest absolute Gasteiger partial charge is 0.494 e. The zero-order valence-corrected chi connectivity index (χ0v) is 16.8. The number of hydrogen-bond acceptors (Lipinski definition) is 5. The second-order valence-corrected chi connectivity index (χ2v) is 8.53. The van der Waals surface area contributed by atoms with Crippen molar-refractivity contribution in [3.8, 4) is 5.75 Å².